The molecule has 0 amide bonds. The summed E-state index contributed by atoms with van der Waals surface area (Å²) in [4.78, 5) is 0. The number of rotatable bonds is 0. The van der Waals surface area contributed by atoms with E-state index in [9.17, 15) is 0 Å². The van der Waals surface area contributed by atoms with Crippen LogP contribution in [0, 0.1) is 5.92 Å². The van der Waals surface area contributed by atoms with Crippen molar-refractivity contribution in [1.82, 2.24) is 5.32 Å². The number of fused-ring (bicyclic) bond motifs is 2. The third-order valence-corrected chi connectivity index (χ3v) is 2.54. The first-order valence-corrected chi connectivity index (χ1v) is 3.83. The van der Waals surface area contributed by atoms with Crippen LogP contribution >= 0.6 is 0 Å². The molecule has 1 heterocycles. The van der Waals surface area contributed by atoms with Crippen molar-refractivity contribution in [2.45, 2.75) is 31.3 Å². The highest BCUT2D eigenvalue weighted by Crippen LogP contribution is 2.27. The zero-order valence-corrected chi connectivity index (χ0v) is 5.64. The second kappa shape index (κ2) is 1.96. The van der Waals surface area contributed by atoms with Gasteiger partial charge in [0.2, 0.25) is 0 Å². The maximum atomic E-state index is 5.82. The topological polar surface area (TPSA) is 38.0 Å². The maximum absolute atomic E-state index is 5.82. The average molecular weight is 126 g/mol. The van der Waals surface area contributed by atoms with Crippen molar-refractivity contribution in [2.24, 2.45) is 11.7 Å². The van der Waals surface area contributed by atoms with Crippen molar-refractivity contribution in [3.63, 3.8) is 0 Å². The van der Waals surface area contributed by atoms with E-state index in [1.54, 1.807) is 0 Å². The fourth-order valence-electron chi connectivity index (χ4n) is 2.15. The molecular formula is C7H14N2. The minimum absolute atomic E-state index is 0.490. The Labute approximate surface area is 55.8 Å². The van der Waals surface area contributed by atoms with E-state index in [2.05, 4.69) is 5.32 Å². The third kappa shape index (κ3) is 0.970. The smallest absolute Gasteiger partial charge is 0.00850 e. The maximum Gasteiger partial charge on any atom is 0.00850 e. The van der Waals surface area contributed by atoms with Gasteiger partial charge in [0.25, 0.3) is 0 Å². The van der Waals surface area contributed by atoms with Gasteiger partial charge in [-0.15, -0.1) is 0 Å². The number of nitrogens with two attached hydrogens (primary N) is 1. The van der Waals surface area contributed by atoms with E-state index in [1.807, 2.05) is 0 Å². The number of nitrogens with one attached hydrogen (secondary N) is 1. The molecule has 1 aliphatic heterocycles. The molecule has 0 aromatic rings. The summed E-state index contributed by atoms with van der Waals surface area (Å²) in [5.41, 5.74) is 5.82. The zero-order chi connectivity index (χ0) is 6.27. The molecule has 2 rings (SSSR count). The molecule has 2 nitrogen and oxygen atoms in total. The van der Waals surface area contributed by atoms with Crippen molar-refractivity contribution in [3.05, 3.63) is 0 Å². The van der Waals surface area contributed by atoms with Crippen LogP contribution in [0.1, 0.15) is 19.3 Å². The Balaban J connectivity index is 2.03. The SMILES string of the molecule is N[C@@H]1C[C@@H]2CN[C@H](C1)C2. The first-order valence-electron chi connectivity index (χ1n) is 3.83. The Morgan fingerprint density at radius 3 is 2.89 bits per heavy atom. The van der Waals surface area contributed by atoms with Gasteiger partial charge in [0, 0.05) is 12.1 Å². The molecule has 1 aliphatic carbocycles. The quantitative estimate of drug-likeness (QED) is 0.482. The van der Waals surface area contributed by atoms with Gasteiger partial charge in [0.1, 0.15) is 0 Å². The highest BCUT2D eigenvalue weighted by Gasteiger charge is 2.31. The van der Waals surface area contributed by atoms with Crippen LogP contribution in [-0.4, -0.2) is 18.6 Å². The van der Waals surface area contributed by atoms with Gasteiger partial charge < -0.3 is 11.1 Å². The van der Waals surface area contributed by atoms with E-state index < -0.39 is 0 Å². The molecular weight excluding hydrogens is 112 g/mol. The van der Waals surface area contributed by atoms with E-state index in [1.165, 1.54) is 25.8 Å². The van der Waals surface area contributed by atoms with Crippen LogP contribution in [0.25, 0.3) is 0 Å². The van der Waals surface area contributed by atoms with Gasteiger partial charge in [0.15, 0.2) is 0 Å². The standard InChI is InChI=1S/C7H14N2/c8-6-1-5-2-7(3-6)9-4-5/h5-7,9H,1-4,8H2/t5-,6+,7-/m0/s1. The highest BCUT2D eigenvalue weighted by molar-refractivity contribution is 4.91. The van der Waals surface area contributed by atoms with Gasteiger partial charge in [0.05, 0.1) is 0 Å². The van der Waals surface area contributed by atoms with E-state index in [-0.39, 0.29) is 0 Å². The van der Waals surface area contributed by atoms with Gasteiger partial charge in [-0.25, -0.2) is 0 Å². The van der Waals surface area contributed by atoms with Gasteiger partial charge in [-0.1, -0.05) is 0 Å². The number of hydrogen-bond acceptors (Lipinski definition) is 2. The molecule has 1 saturated heterocycles. The fraction of sp³-hybridized carbons (Fsp3) is 1.00. The van der Waals surface area contributed by atoms with Crippen LogP contribution in [0.15, 0.2) is 0 Å². The predicted octanol–water partition coefficient (Wildman–Crippen LogP) is 0.0856. The second-order valence-electron chi connectivity index (χ2n) is 3.44. The van der Waals surface area contributed by atoms with Crippen LogP contribution in [0.3, 0.4) is 0 Å². The number of hydrogen-bond donors (Lipinski definition) is 2. The lowest BCUT2D eigenvalue weighted by molar-refractivity contribution is 0.364. The lowest BCUT2D eigenvalue weighted by Crippen LogP contribution is -2.33. The molecule has 0 aromatic heterocycles. The highest BCUT2D eigenvalue weighted by atomic mass is 15.0. The summed E-state index contributed by atoms with van der Waals surface area (Å²) in [6.07, 6.45) is 3.84. The monoisotopic (exact) mass is 126 g/mol. The second-order valence-corrected chi connectivity index (χ2v) is 3.44. The van der Waals surface area contributed by atoms with E-state index in [0.29, 0.717) is 6.04 Å². The molecule has 52 valence electrons. The van der Waals surface area contributed by atoms with Gasteiger partial charge in [-0.2, -0.15) is 0 Å². The van der Waals surface area contributed by atoms with E-state index in [0.717, 1.165) is 12.0 Å². The first-order chi connectivity index (χ1) is 4.34. The first kappa shape index (κ1) is 5.69. The van der Waals surface area contributed by atoms with Crippen LogP contribution in [-0.2, 0) is 0 Å². The van der Waals surface area contributed by atoms with Gasteiger partial charge in [-0.3, -0.25) is 0 Å². The van der Waals surface area contributed by atoms with Crippen LogP contribution in [0.2, 0.25) is 0 Å². The largest absolute Gasteiger partial charge is 0.328 e. The van der Waals surface area contributed by atoms with Crippen molar-refractivity contribution in [3.8, 4) is 0 Å². The summed E-state index contributed by atoms with van der Waals surface area (Å²) in [5.74, 6) is 0.902. The normalized spacial score (nSPS) is 49.7. The molecule has 9 heavy (non-hydrogen) atoms. The van der Waals surface area contributed by atoms with Crippen molar-refractivity contribution in [2.75, 3.05) is 6.54 Å². The summed E-state index contributed by atoms with van der Waals surface area (Å²) in [5, 5.41) is 3.47. The summed E-state index contributed by atoms with van der Waals surface area (Å²) in [7, 11) is 0. The molecule has 3 N–H and O–H groups in total. The molecule has 0 aromatic carbocycles. The fourth-order valence-corrected chi connectivity index (χ4v) is 2.15. The molecule has 0 spiro atoms. The lowest BCUT2D eigenvalue weighted by Gasteiger charge is -2.22. The van der Waals surface area contributed by atoms with Crippen molar-refractivity contribution in [1.29, 1.82) is 0 Å². The van der Waals surface area contributed by atoms with E-state index >= 15 is 0 Å². The average Bonchev–Trinajstić information content (AvgIpc) is 2.11. The van der Waals surface area contributed by atoms with Crippen LogP contribution in [0.5, 0.6) is 0 Å². The molecule has 0 unspecified atom stereocenters. The summed E-state index contributed by atoms with van der Waals surface area (Å²) in [6.45, 7) is 1.22. The summed E-state index contributed by atoms with van der Waals surface area (Å²) in [6, 6.07) is 1.25. The zero-order valence-electron chi connectivity index (χ0n) is 5.64. The Bertz CT molecular complexity index is 101. The summed E-state index contributed by atoms with van der Waals surface area (Å²) >= 11 is 0. The predicted molar refractivity (Wildman–Crippen MR) is 37.1 cm³/mol. The van der Waals surface area contributed by atoms with Crippen LogP contribution in [0.4, 0.5) is 0 Å². The van der Waals surface area contributed by atoms with Crippen LogP contribution < -0.4 is 11.1 Å². The molecule has 1 saturated carbocycles. The summed E-state index contributed by atoms with van der Waals surface area (Å²) < 4.78 is 0. The Hall–Kier alpha value is -0.0800. The van der Waals surface area contributed by atoms with E-state index in [4.69, 9.17) is 5.73 Å². The Morgan fingerprint density at radius 1 is 1.22 bits per heavy atom. The molecule has 3 atom stereocenters. The third-order valence-electron chi connectivity index (χ3n) is 2.54. The Morgan fingerprint density at radius 2 is 2.11 bits per heavy atom. The van der Waals surface area contributed by atoms with Gasteiger partial charge in [-0.05, 0) is 31.7 Å². The Kier molecular flexibility index (Phi) is 1.24. The van der Waals surface area contributed by atoms with Gasteiger partial charge >= 0.3 is 0 Å². The molecule has 2 aliphatic rings. The molecule has 2 heteroatoms. The lowest BCUT2D eigenvalue weighted by atomic mass is 9.87. The minimum atomic E-state index is 0.490. The minimum Gasteiger partial charge on any atom is -0.328 e. The molecule has 2 fully saturated rings. The molecule has 0 radical (unpaired) electrons. The van der Waals surface area contributed by atoms with Crippen molar-refractivity contribution < 1.29 is 0 Å². The van der Waals surface area contributed by atoms with Crippen molar-refractivity contribution >= 4 is 0 Å². The molecule has 2 bridgehead atoms.